The number of carboxylic acids is 1. The predicted molar refractivity (Wildman–Crippen MR) is 140 cm³/mol. The number of ether oxygens (including phenoxy) is 1. The Balaban J connectivity index is 1.41. The maximum absolute atomic E-state index is 15.6. The molecule has 9 heteroatoms. The van der Waals surface area contributed by atoms with E-state index in [0.29, 0.717) is 59.7 Å². The molecule has 194 valence electrons. The number of aromatic nitrogens is 1. The molecular weight excluding hydrogens is 521 g/mol. The number of rotatable bonds is 7. The van der Waals surface area contributed by atoms with Crippen LogP contribution in [0.1, 0.15) is 43.0 Å². The molecule has 1 aliphatic rings. The van der Waals surface area contributed by atoms with Crippen molar-refractivity contribution in [3.8, 4) is 17.6 Å². The largest absolute Gasteiger partial charge is 0.497 e. The zero-order valence-electron chi connectivity index (χ0n) is 20.2. The maximum Gasteiger partial charge on any atom is 0.309 e. The summed E-state index contributed by atoms with van der Waals surface area (Å²) in [4.78, 5) is 18.6. The van der Waals surface area contributed by atoms with Gasteiger partial charge < -0.3 is 9.84 Å². The minimum Gasteiger partial charge on any atom is -0.497 e. The number of carbonyl (C=O) groups is 1. The van der Waals surface area contributed by atoms with Crippen LogP contribution in [0.4, 0.5) is 8.78 Å². The number of benzene rings is 2. The monoisotopic (exact) mass is 546 g/mol. The second-order valence-corrected chi connectivity index (χ2v) is 10.0. The molecule has 0 saturated carbocycles. The highest BCUT2D eigenvalue weighted by atomic mass is 35.5. The molecule has 1 fully saturated rings. The minimum atomic E-state index is -1.46. The van der Waals surface area contributed by atoms with Gasteiger partial charge in [0, 0.05) is 35.3 Å². The Bertz CT molecular complexity index is 1360. The summed E-state index contributed by atoms with van der Waals surface area (Å²) >= 11 is 12.1. The van der Waals surface area contributed by atoms with Crippen LogP contribution in [0.15, 0.2) is 42.6 Å². The van der Waals surface area contributed by atoms with E-state index in [4.69, 9.17) is 27.9 Å². The zero-order valence-corrected chi connectivity index (χ0v) is 21.8. The Labute approximate surface area is 224 Å². The number of fused-ring (bicyclic) bond motifs is 1. The molecule has 1 aliphatic heterocycles. The second-order valence-electron chi connectivity index (χ2n) is 9.20. The van der Waals surface area contributed by atoms with E-state index in [9.17, 15) is 14.3 Å². The van der Waals surface area contributed by atoms with Crippen molar-refractivity contribution in [1.29, 1.82) is 0 Å². The van der Waals surface area contributed by atoms with Crippen LogP contribution in [0.5, 0.6) is 5.75 Å². The molecule has 2 aromatic carbocycles. The number of hydrogen-bond donors (Lipinski definition) is 1. The fourth-order valence-corrected chi connectivity index (χ4v) is 5.14. The molecule has 5 nitrogen and oxygen atoms in total. The average molecular weight is 547 g/mol. The number of aliphatic carboxylic acids is 1. The van der Waals surface area contributed by atoms with E-state index in [1.807, 2.05) is 4.90 Å². The van der Waals surface area contributed by atoms with E-state index in [1.54, 1.807) is 24.3 Å². The lowest BCUT2D eigenvalue weighted by Crippen LogP contribution is -2.44. The number of hydrogen-bond acceptors (Lipinski definition) is 4. The van der Waals surface area contributed by atoms with Crippen molar-refractivity contribution in [2.45, 2.75) is 31.9 Å². The first-order valence-electron chi connectivity index (χ1n) is 11.9. The summed E-state index contributed by atoms with van der Waals surface area (Å²) in [6.07, 6.45) is 0.872. The molecular formula is C28H26Cl2F2N2O3. The molecule has 1 aromatic heterocycles. The molecule has 1 N–H and O–H groups in total. The molecule has 37 heavy (non-hydrogen) atoms. The smallest absolute Gasteiger partial charge is 0.309 e. The van der Waals surface area contributed by atoms with Crippen molar-refractivity contribution >= 4 is 40.1 Å². The number of alkyl halides is 1. The molecule has 0 radical (unpaired) electrons. The quantitative estimate of drug-likeness (QED) is 0.334. The van der Waals surface area contributed by atoms with Crippen molar-refractivity contribution in [3.05, 3.63) is 69.6 Å². The standard InChI is InChI=1S/C28H26Cl2F2N2O3/c1-37-20-6-7-25-21(16-20)26(22(30)17-33-25)23(31)8-9-28(27(35)36)10-13-34(14-11-28)12-2-3-18-4-5-19(29)15-24(18)32/h4-7,15-17,23H,8-14H2,1H3,(H,35,36)/t23-/m1/s1. The van der Waals surface area contributed by atoms with E-state index >= 15 is 4.39 Å². The molecule has 0 amide bonds. The van der Waals surface area contributed by atoms with Crippen LogP contribution in [-0.4, -0.2) is 47.7 Å². The lowest BCUT2D eigenvalue weighted by atomic mass is 9.74. The Morgan fingerprint density at radius 3 is 2.68 bits per heavy atom. The van der Waals surface area contributed by atoms with Crippen LogP contribution < -0.4 is 4.74 Å². The summed E-state index contributed by atoms with van der Waals surface area (Å²) in [5, 5.41) is 11.1. The van der Waals surface area contributed by atoms with Gasteiger partial charge in [0.25, 0.3) is 0 Å². The predicted octanol–water partition coefficient (Wildman–Crippen LogP) is 6.70. The summed E-state index contributed by atoms with van der Waals surface area (Å²) in [6, 6.07) is 9.48. The number of piperidine rings is 1. The van der Waals surface area contributed by atoms with Crippen molar-refractivity contribution in [2.75, 3.05) is 26.7 Å². The minimum absolute atomic E-state index is 0.0119. The van der Waals surface area contributed by atoms with Crippen LogP contribution in [0.2, 0.25) is 10.0 Å². The van der Waals surface area contributed by atoms with Gasteiger partial charge in [-0.3, -0.25) is 14.7 Å². The summed E-state index contributed by atoms with van der Waals surface area (Å²) in [6.45, 7) is 1.37. The topological polar surface area (TPSA) is 62.7 Å². The van der Waals surface area contributed by atoms with Crippen LogP contribution in [0, 0.1) is 23.1 Å². The molecule has 0 spiro atoms. The number of carboxylic acid groups (broad SMARTS) is 1. The number of pyridine rings is 1. The molecule has 3 aromatic rings. The van der Waals surface area contributed by atoms with Gasteiger partial charge in [-0.15, -0.1) is 0 Å². The van der Waals surface area contributed by atoms with Gasteiger partial charge in [-0.1, -0.05) is 35.0 Å². The summed E-state index contributed by atoms with van der Waals surface area (Å²) in [7, 11) is 1.52. The van der Waals surface area contributed by atoms with Crippen molar-refractivity contribution in [3.63, 3.8) is 0 Å². The molecule has 1 atom stereocenters. The summed E-state index contributed by atoms with van der Waals surface area (Å²) in [5.74, 6) is 4.89. The van der Waals surface area contributed by atoms with Crippen LogP contribution in [-0.2, 0) is 4.79 Å². The average Bonchev–Trinajstić information content (AvgIpc) is 2.88. The summed E-state index contributed by atoms with van der Waals surface area (Å²) in [5.41, 5.74) is 0.107. The van der Waals surface area contributed by atoms with Gasteiger partial charge in [-0.25, -0.2) is 8.78 Å². The highest BCUT2D eigenvalue weighted by Crippen LogP contribution is 2.42. The fourth-order valence-electron chi connectivity index (χ4n) is 4.71. The van der Waals surface area contributed by atoms with Crippen LogP contribution in [0.3, 0.4) is 0 Å². The Kier molecular flexibility index (Phi) is 8.53. The molecule has 0 bridgehead atoms. The number of nitrogens with zero attached hydrogens (tertiary/aromatic N) is 2. The lowest BCUT2D eigenvalue weighted by Gasteiger charge is -2.38. The van der Waals surface area contributed by atoms with Crippen LogP contribution >= 0.6 is 23.2 Å². The van der Waals surface area contributed by atoms with Crippen LogP contribution in [0.25, 0.3) is 10.9 Å². The van der Waals surface area contributed by atoms with E-state index in [0.717, 1.165) is 0 Å². The van der Waals surface area contributed by atoms with Gasteiger partial charge in [-0.05, 0) is 62.1 Å². The first-order valence-corrected chi connectivity index (χ1v) is 12.6. The van der Waals surface area contributed by atoms with Gasteiger partial charge in [0.05, 0.1) is 35.2 Å². The van der Waals surface area contributed by atoms with E-state index in [-0.39, 0.29) is 23.4 Å². The number of likely N-dealkylation sites (tertiary alicyclic amines) is 1. The maximum atomic E-state index is 15.6. The third-order valence-corrected chi connectivity index (χ3v) is 7.52. The number of halogens is 4. The van der Waals surface area contributed by atoms with E-state index in [2.05, 4.69) is 16.8 Å². The Morgan fingerprint density at radius 1 is 1.24 bits per heavy atom. The highest BCUT2D eigenvalue weighted by molar-refractivity contribution is 6.32. The number of methoxy groups -OCH3 is 1. The van der Waals surface area contributed by atoms with Gasteiger partial charge in [0.1, 0.15) is 17.7 Å². The molecule has 4 rings (SSSR count). The Morgan fingerprint density at radius 2 is 2.00 bits per heavy atom. The van der Waals surface area contributed by atoms with E-state index < -0.39 is 23.4 Å². The Hall–Kier alpha value is -2.92. The molecule has 2 heterocycles. The zero-order chi connectivity index (χ0) is 26.6. The van der Waals surface area contributed by atoms with Crippen molar-refractivity contribution in [1.82, 2.24) is 9.88 Å². The molecule has 0 unspecified atom stereocenters. The van der Waals surface area contributed by atoms with E-state index in [1.165, 1.54) is 25.4 Å². The molecule has 1 saturated heterocycles. The van der Waals surface area contributed by atoms with Crippen molar-refractivity contribution in [2.24, 2.45) is 5.41 Å². The first-order chi connectivity index (χ1) is 17.7. The van der Waals surface area contributed by atoms with Crippen molar-refractivity contribution < 1.29 is 23.4 Å². The van der Waals surface area contributed by atoms with Gasteiger partial charge in [-0.2, -0.15) is 0 Å². The van der Waals surface area contributed by atoms with Gasteiger partial charge >= 0.3 is 5.97 Å². The summed E-state index contributed by atoms with van der Waals surface area (Å²) < 4.78 is 34.8. The van der Waals surface area contributed by atoms with Gasteiger partial charge in [0.15, 0.2) is 0 Å². The lowest BCUT2D eigenvalue weighted by molar-refractivity contribution is -0.152. The third-order valence-electron chi connectivity index (χ3n) is 6.98. The van der Waals surface area contributed by atoms with Gasteiger partial charge in [0.2, 0.25) is 0 Å². The SMILES string of the molecule is COc1ccc2ncc(Cl)c([C@H](F)CCC3(C(=O)O)CCN(CC#Cc4ccc(Cl)cc4F)CC3)c2c1. The molecule has 0 aliphatic carbocycles. The first kappa shape index (κ1) is 27.1. The third kappa shape index (κ3) is 6.15. The fraction of sp³-hybridized carbons (Fsp3) is 0.357. The highest BCUT2D eigenvalue weighted by Gasteiger charge is 2.41. The normalized spacial score (nSPS) is 16.1. The second kappa shape index (κ2) is 11.6.